The highest BCUT2D eigenvalue weighted by Crippen LogP contribution is 2.26. The molecule has 94 valence electrons. The van der Waals surface area contributed by atoms with E-state index in [4.69, 9.17) is 0 Å². The molecule has 1 N–H and O–H groups in total. The number of para-hydroxylation sites is 1. The minimum absolute atomic E-state index is 0.0952. The molecule has 1 heterocycles. The van der Waals surface area contributed by atoms with E-state index < -0.39 is 0 Å². The van der Waals surface area contributed by atoms with Crippen LogP contribution in [0.25, 0.3) is 0 Å². The van der Waals surface area contributed by atoms with Crippen molar-refractivity contribution in [2.24, 2.45) is 0 Å². The lowest BCUT2D eigenvalue weighted by Gasteiger charge is -2.35. The van der Waals surface area contributed by atoms with Crippen LogP contribution >= 0.6 is 0 Å². The molecule has 1 aliphatic heterocycles. The third-order valence-electron chi connectivity index (χ3n) is 3.42. The standard InChI is InChI=1S/C14H21FN2/c1-3-16-12-7-5-9-17(10-12)14-11(2)6-4-8-13(14)15/h4,6,8,12,16H,3,5,7,9-10H2,1-2H3. The van der Waals surface area contributed by atoms with Gasteiger partial charge in [0.25, 0.3) is 0 Å². The van der Waals surface area contributed by atoms with Crippen LogP contribution in [0.4, 0.5) is 10.1 Å². The van der Waals surface area contributed by atoms with Crippen molar-refractivity contribution in [3.63, 3.8) is 0 Å². The molecule has 1 aromatic carbocycles. The van der Waals surface area contributed by atoms with E-state index in [9.17, 15) is 4.39 Å². The van der Waals surface area contributed by atoms with Crippen LogP contribution in [0.1, 0.15) is 25.3 Å². The van der Waals surface area contributed by atoms with Crippen LogP contribution in [-0.2, 0) is 0 Å². The van der Waals surface area contributed by atoms with Gasteiger partial charge in [0.15, 0.2) is 0 Å². The van der Waals surface area contributed by atoms with Gasteiger partial charge in [-0.2, -0.15) is 0 Å². The Labute approximate surface area is 103 Å². The first-order valence-electron chi connectivity index (χ1n) is 6.45. The number of nitrogens with one attached hydrogen (secondary N) is 1. The summed E-state index contributed by atoms with van der Waals surface area (Å²) in [4.78, 5) is 2.18. The number of piperidine rings is 1. The van der Waals surface area contributed by atoms with Crippen molar-refractivity contribution in [3.8, 4) is 0 Å². The molecule has 1 aliphatic rings. The average Bonchev–Trinajstić information content (AvgIpc) is 2.30. The Morgan fingerprint density at radius 2 is 2.29 bits per heavy atom. The van der Waals surface area contributed by atoms with Gasteiger partial charge in [-0.3, -0.25) is 0 Å². The molecule has 2 nitrogen and oxygen atoms in total. The number of aryl methyl sites for hydroxylation is 1. The molecular weight excluding hydrogens is 215 g/mol. The average molecular weight is 236 g/mol. The Hall–Kier alpha value is -1.09. The molecule has 1 unspecified atom stereocenters. The van der Waals surface area contributed by atoms with E-state index in [1.54, 1.807) is 12.1 Å². The molecule has 1 saturated heterocycles. The minimum atomic E-state index is -0.0952. The number of halogens is 1. The van der Waals surface area contributed by atoms with Crippen molar-refractivity contribution in [1.82, 2.24) is 5.32 Å². The van der Waals surface area contributed by atoms with Gasteiger partial charge in [0.05, 0.1) is 5.69 Å². The molecule has 17 heavy (non-hydrogen) atoms. The van der Waals surface area contributed by atoms with Gasteiger partial charge in [-0.05, 0) is 37.9 Å². The summed E-state index contributed by atoms with van der Waals surface area (Å²) in [7, 11) is 0. The molecule has 1 atom stereocenters. The summed E-state index contributed by atoms with van der Waals surface area (Å²) in [5.41, 5.74) is 1.82. The van der Waals surface area contributed by atoms with Gasteiger partial charge in [0.1, 0.15) is 5.82 Å². The van der Waals surface area contributed by atoms with Gasteiger partial charge >= 0.3 is 0 Å². The van der Waals surface area contributed by atoms with Crippen LogP contribution in [0.3, 0.4) is 0 Å². The number of hydrogen-bond acceptors (Lipinski definition) is 2. The van der Waals surface area contributed by atoms with Crippen LogP contribution in [0.2, 0.25) is 0 Å². The maximum absolute atomic E-state index is 13.9. The molecule has 2 rings (SSSR count). The third-order valence-corrected chi connectivity index (χ3v) is 3.42. The van der Waals surface area contributed by atoms with E-state index in [0.717, 1.165) is 37.3 Å². The van der Waals surface area contributed by atoms with Crippen molar-refractivity contribution in [1.29, 1.82) is 0 Å². The largest absolute Gasteiger partial charge is 0.367 e. The minimum Gasteiger partial charge on any atom is -0.367 e. The predicted molar refractivity (Wildman–Crippen MR) is 70.0 cm³/mol. The van der Waals surface area contributed by atoms with Gasteiger partial charge in [-0.25, -0.2) is 4.39 Å². The molecule has 0 amide bonds. The zero-order chi connectivity index (χ0) is 12.3. The first-order chi connectivity index (χ1) is 8.22. The van der Waals surface area contributed by atoms with Crippen molar-refractivity contribution >= 4 is 5.69 Å². The Bertz CT molecular complexity index is 356. The van der Waals surface area contributed by atoms with Crippen LogP contribution in [0.5, 0.6) is 0 Å². The summed E-state index contributed by atoms with van der Waals surface area (Å²) < 4.78 is 13.9. The fourth-order valence-electron chi connectivity index (χ4n) is 2.66. The quantitative estimate of drug-likeness (QED) is 0.868. The lowest BCUT2D eigenvalue weighted by Crippen LogP contribution is -2.46. The fraction of sp³-hybridized carbons (Fsp3) is 0.571. The van der Waals surface area contributed by atoms with Gasteiger partial charge < -0.3 is 10.2 Å². The normalized spacial score (nSPS) is 20.6. The molecule has 3 heteroatoms. The van der Waals surface area contributed by atoms with E-state index >= 15 is 0 Å². The molecule has 1 fully saturated rings. The molecule has 1 aromatic rings. The highest BCUT2D eigenvalue weighted by Gasteiger charge is 2.22. The zero-order valence-corrected chi connectivity index (χ0v) is 10.7. The maximum Gasteiger partial charge on any atom is 0.146 e. The summed E-state index contributed by atoms with van der Waals surface area (Å²) in [6, 6.07) is 5.81. The topological polar surface area (TPSA) is 15.3 Å². The lowest BCUT2D eigenvalue weighted by atomic mass is 10.0. The van der Waals surface area contributed by atoms with E-state index in [-0.39, 0.29) is 5.82 Å². The van der Waals surface area contributed by atoms with Gasteiger partial charge in [-0.15, -0.1) is 0 Å². The molecule has 0 saturated carbocycles. The Morgan fingerprint density at radius 3 is 3.00 bits per heavy atom. The first kappa shape index (κ1) is 12.4. The molecule has 0 radical (unpaired) electrons. The van der Waals surface area contributed by atoms with Gasteiger partial charge in [0, 0.05) is 19.1 Å². The van der Waals surface area contributed by atoms with Crippen LogP contribution < -0.4 is 10.2 Å². The molecule has 0 aliphatic carbocycles. The second kappa shape index (κ2) is 5.50. The van der Waals surface area contributed by atoms with E-state index in [1.807, 2.05) is 13.0 Å². The molecule has 0 bridgehead atoms. The van der Waals surface area contributed by atoms with Crippen molar-refractivity contribution in [2.75, 3.05) is 24.5 Å². The summed E-state index contributed by atoms with van der Waals surface area (Å²) in [6.45, 7) is 6.95. The monoisotopic (exact) mass is 236 g/mol. The van der Waals surface area contributed by atoms with Gasteiger partial charge in [0.2, 0.25) is 0 Å². The van der Waals surface area contributed by atoms with E-state index in [0.29, 0.717) is 6.04 Å². The number of nitrogens with zero attached hydrogens (tertiary/aromatic N) is 1. The predicted octanol–water partition coefficient (Wildman–Crippen LogP) is 2.71. The van der Waals surface area contributed by atoms with Crippen molar-refractivity contribution in [3.05, 3.63) is 29.6 Å². The van der Waals surface area contributed by atoms with Crippen molar-refractivity contribution < 1.29 is 4.39 Å². The number of anilines is 1. The van der Waals surface area contributed by atoms with Gasteiger partial charge in [-0.1, -0.05) is 19.1 Å². The van der Waals surface area contributed by atoms with Crippen LogP contribution in [0, 0.1) is 12.7 Å². The highest BCUT2D eigenvalue weighted by atomic mass is 19.1. The summed E-state index contributed by atoms with van der Waals surface area (Å²) in [5, 5.41) is 3.46. The number of rotatable bonds is 3. The summed E-state index contributed by atoms with van der Waals surface area (Å²) >= 11 is 0. The SMILES string of the molecule is CCNC1CCCN(c2c(C)cccc2F)C1. The van der Waals surface area contributed by atoms with E-state index in [1.165, 1.54) is 6.42 Å². The first-order valence-corrected chi connectivity index (χ1v) is 6.45. The van der Waals surface area contributed by atoms with Crippen molar-refractivity contribution in [2.45, 2.75) is 32.7 Å². The van der Waals surface area contributed by atoms with E-state index in [2.05, 4.69) is 17.1 Å². The number of benzene rings is 1. The molecular formula is C14H21FN2. The second-order valence-corrected chi connectivity index (χ2v) is 4.75. The summed E-state index contributed by atoms with van der Waals surface area (Å²) in [5.74, 6) is -0.0952. The number of hydrogen-bond donors (Lipinski definition) is 1. The Kier molecular flexibility index (Phi) is 4.00. The highest BCUT2D eigenvalue weighted by molar-refractivity contribution is 5.54. The lowest BCUT2D eigenvalue weighted by molar-refractivity contribution is 0.427. The number of likely N-dealkylation sites (N-methyl/N-ethyl adjacent to an activating group) is 1. The second-order valence-electron chi connectivity index (χ2n) is 4.75. The van der Waals surface area contributed by atoms with Crippen LogP contribution in [0.15, 0.2) is 18.2 Å². The maximum atomic E-state index is 13.9. The van der Waals surface area contributed by atoms with Crippen LogP contribution in [-0.4, -0.2) is 25.7 Å². The smallest absolute Gasteiger partial charge is 0.146 e. The zero-order valence-electron chi connectivity index (χ0n) is 10.7. The fourth-order valence-corrected chi connectivity index (χ4v) is 2.66. The third kappa shape index (κ3) is 2.78. The molecule has 0 aromatic heterocycles. The Morgan fingerprint density at radius 1 is 1.47 bits per heavy atom. The summed E-state index contributed by atoms with van der Waals surface area (Å²) in [6.07, 6.45) is 2.32. The molecule has 0 spiro atoms. The Balaban J connectivity index is 2.16.